The van der Waals surface area contributed by atoms with Crippen LogP contribution in [0.1, 0.15) is 22.3 Å². The third-order valence-electron chi connectivity index (χ3n) is 18.9. The van der Waals surface area contributed by atoms with Crippen LogP contribution in [-0.2, 0) is 5.41 Å². The maximum atomic E-state index is 2.60. The molecule has 1 aliphatic heterocycles. The Morgan fingerprint density at radius 1 is 0.306 bits per heavy atom. The molecule has 0 bridgehead atoms. The molecule has 0 atom stereocenters. The van der Waals surface area contributed by atoms with Crippen molar-refractivity contribution in [1.82, 2.24) is 8.97 Å². The van der Waals surface area contributed by atoms with Gasteiger partial charge in [-0.15, -0.1) is 0 Å². The summed E-state index contributed by atoms with van der Waals surface area (Å²) in [5, 5.41) is 12.5. The predicted octanol–water partition coefficient (Wildman–Crippen LogP) is 21.5. The van der Waals surface area contributed by atoms with E-state index in [1.807, 2.05) is 0 Å². The molecule has 2 aliphatic rings. The predicted molar refractivity (Wildman–Crippen MR) is 356 cm³/mol. The summed E-state index contributed by atoms with van der Waals surface area (Å²) < 4.78 is 5.16. The second-order valence-electron chi connectivity index (χ2n) is 23.1. The Morgan fingerprint density at radius 2 is 0.882 bits per heavy atom. The molecule has 0 unspecified atom stereocenters. The van der Waals surface area contributed by atoms with E-state index in [0.29, 0.717) is 0 Å². The zero-order valence-corrected chi connectivity index (χ0v) is 46.2. The number of nitrogens with zero attached hydrogens (tertiary/aromatic N) is 4. The number of aromatic nitrogens is 2. The molecule has 0 N–H and O–H groups in total. The fourth-order valence-corrected chi connectivity index (χ4v) is 15.7. The Labute approximate surface area is 490 Å². The second kappa shape index (κ2) is 17.4. The fourth-order valence-electron chi connectivity index (χ4n) is 15.7. The van der Waals surface area contributed by atoms with Crippen LogP contribution in [0.5, 0.6) is 0 Å². The second-order valence-corrected chi connectivity index (χ2v) is 23.1. The molecule has 0 saturated carbocycles. The molecule has 4 nitrogen and oxygen atoms in total. The zero-order chi connectivity index (χ0) is 55.5. The summed E-state index contributed by atoms with van der Waals surface area (Å²) >= 11 is 0. The molecule has 1 aliphatic carbocycles. The first-order valence-electron chi connectivity index (χ1n) is 29.5. The van der Waals surface area contributed by atoms with Crippen LogP contribution >= 0.6 is 0 Å². The smallest absolute Gasteiger partial charge is 0.0755 e. The first-order chi connectivity index (χ1) is 42.2. The van der Waals surface area contributed by atoms with Crippen molar-refractivity contribution in [3.8, 4) is 27.9 Å². The van der Waals surface area contributed by atoms with E-state index in [0.717, 1.165) is 39.6 Å². The lowest BCUT2D eigenvalue weighted by Gasteiger charge is -2.45. The maximum absolute atomic E-state index is 2.60. The minimum atomic E-state index is -0.610. The van der Waals surface area contributed by atoms with Crippen LogP contribution in [0.25, 0.3) is 109 Å². The highest BCUT2D eigenvalue weighted by Gasteiger charge is 2.52. The lowest BCUT2D eigenvalue weighted by atomic mass is 9.64. The lowest BCUT2D eigenvalue weighted by molar-refractivity contribution is 0.752. The quantitative estimate of drug-likeness (QED) is 0.165. The Hall–Kier alpha value is -11.2. The molecule has 0 amide bonds. The summed E-state index contributed by atoms with van der Waals surface area (Å²) in [5.41, 5.74) is 23.1. The molecule has 4 heteroatoms. The molecule has 14 aromatic carbocycles. The van der Waals surface area contributed by atoms with Crippen LogP contribution in [0.2, 0.25) is 0 Å². The molecule has 0 fully saturated rings. The lowest BCUT2D eigenvalue weighted by Crippen LogP contribution is -2.36. The topological polar surface area (TPSA) is 15.8 Å². The van der Waals surface area contributed by atoms with Crippen molar-refractivity contribution in [3.05, 3.63) is 326 Å². The number of benzene rings is 14. The van der Waals surface area contributed by atoms with Gasteiger partial charge >= 0.3 is 0 Å². The summed E-state index contributed by atoms with van der Waals surface area (Å²) in [5.74, 6) is 0. The van der Waals surface area contributed by atoms with Crippen LogP contribution in [-0.4, -0.2) is 8.97 Å². The van der Waals surface area contributed by atoms with E-state index < -0.39 is 5.41 Å². The standard InChI is InChI=1S/C81H50N4/c1-3-27-55(28-4-1)82(72-46-22-40-67-77(72)61-34-11-13-37-64(61)81(67)65-38-14-17-42-70(65)83(56-29-5-2-6-30-56)71-43-18-15-39-66(71)81)57-31-19-26-52(47-57)54-49-74-79-75(50-54)85-69-41-16-12-35-62(69)76-59-33-10-8-24-53(59)48-63(80(76)85)60-36-21-45-73(78(60)79)84(74)68-44-20-25-51-23-7-9-32-58(51)68/h1-50H. The molecule has 0 saturated heterocycles. The summed E-state index contributed by atoms with van der Waals surface area (Å²) in [6, 6.07) is 113. The third kappa shape index (κ3) is 6.19. The van der Waals surface area contributed by atoms with Crippen LogP contribution in [0, 0.1) is 0 Å². The van der Waals surface area contributed by atoms with Crippen molar-refractivity contribution in [3.63, 3.8) is 0 Å². The van der Waals surface area contributed by atoms with Crippen LogP contribution in [0.15, 0.2) is 303 Å². The van der Waals surface area contributed by atoms with Gasteiger partial charge in [-0.25, -0.2) is 0 Å². The summed E-state index contributed by atoms with van der Waals surface area (Å²) in [7, 11) is 0. The Kier molecular flexibility index (Phi) is 9.51. The Balaban J connectivity index is 0.893. The Bertz CT molecular complexity index is 5580. The molecule has 19 rings (SSSR count). The van der Waals surface area contributed by atoms with E-state index in [-0.39, 0.29) is 0 Å². The minimum absolute atomic E-state index is 0.610. The SMILES string of the molecule is c1ccc(N(c2cccc(-c3cc4c5c6c(cccc6n4-c4cccc6ccccc46)c4cc6ccccc6c6c7ccccc7n(c5c3)c46)c2)c2cccc3c2-c2ccccc2C32c3ccccc3N(c3ccccc3)c3ccccc32)cc1. The highest BCUT2D eigenvalue weighted by Crippen LogP contribution is 2.65. The van der Waals surface area contributed by atoms with Gasteiger partial charge in [0, 0.05) is 54.9 Å². The monoisotopic (exact) mass is 1080 g/mol. The first kappa shape index (κ1) is 46.4. The van der Waals surface area contributed by atoms with Gasteiger partial charge in [0.15, 0.2) is 0 Å². The summed E-state index contributed by atoms with van der Waals surface area (Å²) in [4.78, 5) is 4.96. The van der Waals surface area contributed by atoms with Crippen molar-refractivity contribution < 1.29 is 0 Å². The van der Waals surface area contributed by atoms with E-state index in [4.69, 9.17) is 0 Å². The van der Waals surface area contributed by atoms with E-state index >= 15 is 0 Å². The van der Waals surface area contributed by atoms with Gasteiger partial charge in [0.1, 0.15) is 0 Å². The average molecular weight is 1080 g/mol. The third-order valence-corrected chi connectivity index (χ3v) is 18.9. The van der Waals surface area contributed by atoms with Gasteiger partial charge in [-0.1, -0.05) is 212 Å². The number of rotatable bonds is 6. The van der Waals surface area contributed by atoms with E-state index in [1.54, 1.807) is 0 Å². The molecule has 17 aromatic rings. The van der Waals surface area contributed by atoms with Gasteiger partial charge in [0.05, 0.1) is 55.7 Å². The number of hydrogen-bond donors (Lipinski definition) is 0. The normalized spacial score (nSPS) is 13.2. The summed E-state index contributed by atoms with van der Waals surface area (Å²) in [6.07, 6.45) is 0. The van der Waals surface area contributed by atoms with Gasteiger partial charge in [0.25, 0.3) is 0 Å². The number of anilines is 6. The molecule has 1 spiro atoms. The van der Waals surface area contributed by atoms with Crippen molar-refractivity contribution in [2.75, 3.05) is 9.80 Å². The van der Waals surface area contributed by atoms with Crippen LogP contribution in [0.3, 0.4) is 0 Å². The molecule has 3 aromatic heterocycles. The highest BCUT2D eigenvalue weighted by molar-refractivity contribution is 6.35. The van der Waals surface area contributed by atoms with Gasteiger partial charge < -0.3 is 18.8 Å². The Morgan fingerprint density at radius 3 is 1.71 bits per heavy atom. The van der Waals surface area contributed by atoms with Gasteiger partial charge in [-0.05, 0) is 151 Å². The van der Waals surface area contributed by atoms with E-state index in [1.165, 1.54) is 126 Å². The van der Waals surface area contributed by atoms with Crippen molar-refractivity contribution in [1.29, 1.82) is 0 Å². The number of hydrogen-bond acceptors (Lipinski definition) is 2. The molecular weight excluding hydrogens is 1030 g/mol. The molecule has 85 heavy (non-hydrogen) atoms. The fraction of sp³-hybridized carbons (Fsp3) is 0.0123. The highest BCUT2D eigenvalue weighted by atomic mass is 15.2. The maximum Gasteiger partial charge on any atom is 0.0755 e. The molecule has 394 valence electrons. The zero-order valence-electron chi connectivity index (χ0n) is 46.2. The molecular formula is C81H50N4. The number of fused-ring (bicyclic) bond motifs is 17. The molecule has 4 heterocycles. The number of para-hydroxylation sites is 5. The van der Waals surface area contributed by atoms with E-state index in [2.05, 4.69) is 322 Å². The summed E-state index contributed by atoms with van der Waals surface area (Å²) in [6.45, 7) is 0. The largest absolute Gasteiger partial charge is 0.310 e. The van der Waals surface area contributed by atoms with Gasteiger partial charge in [-0.3, -0.25) is 0 Å². The van der Waals surface area contributed by atoms with Crippen LogP contribution in [0.4, 0.5) is 34.1 Å². The van der Waals surface area contributed by atoms with Gasteiger partial charge in [-0.2, -0.15) is 0 Å². The van der Waals surface area contributed by atoms with Crippen molar-refractivity contribution in [2.45, 2.75) is 5.41 Å². The minimum Gasteiger partial charge on any atom is -0.310 e. The van der Waals surface area contributed by atoms with Crippen LogP contribution < -0.4 is 9.80 Å². The molecule has 0 radical (unpaired) electrons. The van der Waals surface area contributed by atoms with Gasteiger partial charge in [0.2, 0.25) is 0 Å². The van der Waals surface area contributed by atoms with E-state index in [9.17, 15) is 0 Å². The average Bonchev–Trinajstić information content (AvgIpc) is 1.63. The van der Waals surface area contributed by atoms with Crippen molar-refractivity contribution >= 4 is 116 Å². The van der Waals surface area contributed by atoms with Crippen molar-refractivity contribution in [2.24, 2.45) is 0 Å². The first-order valence-corrected chi connectivity index (χ1v) is 29.5.